The number of allylic oxidation sites excluding steroid dienone is 8. The molecule has 0 aromatic carbocycles. The van der Waals surface area contributed by atoms with E-state index in [1.54, 1.807) is 0 Å². The molecule has 0 aromatic rings. The summed E-state index contributed by atoms with van der Waals surface area (Å²) in [4.78, 5) is 0. The average molecular weight is 430 g/mol. The van der Waals surface area contributed by atoms with Gasteiger partial charge in [0.05, 0.1) is 0 Å². The molecular weight excluding hydrogens is 407 g/mol. The molecule has 4 heteroatoms. The van der Waals surface area contributed by atoms with Gasteiger partial charge in [-0.25, -0.2) is 0 Å². The van der Waals surface area contributed by atoms with Crippen LogP contribution in [0.1, 0.15) is 12.8 Å². The molecule has 0 amide bonds. The van der Waals surface area contributed by atoms with Crippen molar-refractivity contribution in [2.45, 2.75) is 25.9 Å². The normalized spacial score (nSPS) is 15.5. The number of rotatable bonds is 3. The van der Waals surface area contributed by atoms with Crippen molar-refractivity contribution in [2.75, 3.05) is 14.2 Å². The van der Waals surface area contributed by atoms with Gasteiger partial charge in [-0.3, -0.25) is 0 Å². The molecule has 0 aromatic heterocycles. The van der Waals surface area contributed by atoms with Gasteiger partial charge in [0.1, 0.15) is 0 Å². The van der Waals surface area contributed by atoms with E-state index in [0.717, 1.165) is 14.2 Å². The molecule has 2 aliphatic carbocycles. The van der Waals surface area contributed by atoms with E-state index in [-0.39, 0.29) is 0 Å². The quantitative estimate of drug-likeness (QED) is 0.633. The third-order valence-electron chi connectivity index (χ3n) is 2.81. The molecule has 0 saturated carbocycles. The topological polar surface area (TPSA) is 46.1 Å². The van der Waals surface area contributed by atoms with Crippen LogP contribution in [-0.4, -0.2) is 20.2 Å². The molecule has 0 aliphatic heterocycles. The minimum atomic E-state index is -1.47. The maximum absolute atomic E-state index is 8.25. The Kier molecular flexibility index (Phi) is 10.8. The summed E-state index contributed by atoms with van der Waals surface area (Å²) < 4.78 is 3.73. The van der Waals surface area contributed by atoms with E-state index in [2.05, 4.69) is 49.6 Å². The standard InChI is InChI=1S/2C5H5.C2H7Si.2CH3O.Hf/c2*1-2-4-5-3-1;1-3-2;2*1-2;/h2*1-3H,4H2;3H,1-2H3;2*1H3;/q;;;2*-1;+2. The van der Waals surface area contributed by atoms with Crippen molar-refractivity contribution in [1.29, 1.82) is 0 Å². The van der Waals surface area contributed by atoms with Gasteiger partial charge in [-0.05, 0) is 0 Å². The van der Waals surface area contributed by atoms with Crippen LogP contribution in [0.4, 0.5) is 0 Å². The molecule has 18 heavy (non-hydrogen) atoms. The Hall–Kier alpha value is -0.0330. The summed E-state index contributed by atoms with van der Waals surface area (Å²) >= 11 is -1.47. The predicted molar refractivity (Wildman–Crippen MR) is 74.4 cm³/mol. The van der Waals surface area contributed by atoms with Gasteiger partial charge in [0.2, 0.25) is 0 Å². The van der Waals surface area contributed by atoms with Gasteiger partial charge in [0, 0.05) is 0 Å². The molecule has 99 valence electrons. The summed E-state index contributed by atoms with van der Waals surface area (Å²) in [5.41, 5.74) is 0. The second-order valence-electron chi connectivity index (χ2n) is 4.22. The summed E-state index contributed by atoms with van der Waals surface area (Å²) in [6.07, 6.45) is 16.6. The van der Waals surface area contributed by atoms with Crippen LogP contribution in [0, 0.1) is 0 Å². The monoisotopic (exact) mass is 431 g/mol. The van der Waals surface area contributed by atoms with E-state index in [9.17, 15) is 0 Å². The van der Waals surface area contributed by atoms with E-state index < -0.39 is 26.6 Å². The molecule has 2 aliphatic rings. The Bertz CT molecular complexity index is 314. The first-order chi connectivity index (χ1) is 8.79. The summed E-state index contributed by atoms with van der Waals surface area (Å²) in [5, 5.41) is 16.5. The average Bonchev–Trinajstić information content (AvgIpc) is 3.08. The zero-order valence-corrected chi connectivity index (χ0v) is 16.5. The van der Waals surface area contributed by atoms with E-state index in [1.165, 1.54) is 12.8 Å². The fourth-order valence-corrected chi connectivity index (χ4v) is 29.1. The van der Waals surface area contributed by atoms with Crippen molar-refractivity contribution in [2.24, 2.45) is 0 Å². The van der Waals surface area contributed by atoms with Gasteiger partial charge in [0.25, 0.3) is 0 Å². The number of hydrogen-bond acceptors (Lipinski definition) is 2. The first-order valence-electron chi connectivity index (χ1n) is 6.19. The maximum atomic E-state index is 8.25. The van der Waals surface area contributed by atoms with Crippen molar-refractivity contribution in [3.05, 3.63) is 43.1 Å². The van der Waals surface area contributed by atoms with Crippen molar-refractivity contribution >= 4 is 5.98 Å². The summed E-state index contributed by atoms with van der Waals surface area (Å²) in [7, 11) is 1.50. The Morgan fingerprint density at radius 3 is 1.50 bits per heavy atom. The SMILES string of the molecule is C[O-].C[O-].C[SiH](C)[Hf+2]([C]1=CC=CC1)[C]1=CC=CC1. The third kappa shape index (κ3) is 5.30. The molecule has 0 radical (unpaired) electrons. The zero-order chi connectivity index (χ0) is 14.0. The molecular formula is C14H23HfO2Si. The predicted octanol–water partition coefficient (Wildman–Crippen LogP) is 1.23. The Morgan fingerprint density at radius 2 is 1.28 bits per heavy atom. The van der Waals surface area contributed by atoms with E-state index >= 15 is 0 Å². The molecule has 0 bridgehead atoms. The zero-order valence-electron chi connectivity index (χ0n) is 11.8. The minimum absolute atomic E-state index is 0.395. The van der Waals surface area contributed by atoms with Crippen LogP contribution in [0.2, 0.25) is 13.1 Å². The molecule has 0 fully saturated rings. The molecule has 0 saturated heterocycles. The Morgan fingerprint density at radius 1 is 0.889 bits per heavy atom. The van der Waals surface area contributed by atoms with Crippen LogP contribution in [0.15, 0.2) is 43.1 Å². The van der Waals surface area contributed by atoms with Gasteiger partial charge < -0.3 is 10.2 Å². The van der Waals surface area contributed by atoms with Crippen LogP contribution in [-0.2, 0) is 20.6 Å². The molecule has 0 atom stereocenters. The van der Waals surface area contributed by atoms with Gasteiger partial charge in [-0.2, -0.15) is 14.2 Å². The summed E-state index contributed by atoms with van der Waals surface area (Å²) in [6.45, 7) is 5.11. The molecule has 0 unspecified atom stereocenters. The second kappa shape index (κ2) is 10.8. The van der Waals surface area contributed by atoms with E-state index in [4.69, 9.17) is 10.2 Å². The van der Waals surface area contributed by atoms with Crippen molar-refractivity contribution in [3.8, 4) is 0 Å². The van der Waals surface area contributed by atoms with Crippen LogP contribution in [0.5, 0.6) is 0 Å². The fraction of sp³-hybridized carbons (Fsp3) is 0.429. The van der Waals surface area contributed by atoms with Gasteiger partial charge in [-0.1, -0.05) is 0 Å². The van der Waals surface area contributed by atoms with Crippen molar-refractivity contribution in [3.63, 3.8) is 0 Å². The first kappa shape index (κ1) is 18.0. The van der Waals surface area contributed by atoms with Crippen LogP contribution < -0.4 is 10.2 Å². The van der Waals surface area contributed by atoms with Crippen molar-refractivity contribution in [1.82, 2.24) is 0 Å². The number of hydrogen-bond donors (Lipinski definition) is 0. The fourth-order valence-electron chi connectivity index (χ4n) is 2.24. The Labute approximate surface area is 120 Å². The van der Waals surface area contributed by atoms with Crippen LogP contribution in [0.3, 0.4) is 0 Å². The molecule has 0 heterocycles. The molecule has 0 N–H and O–H groups in total. The van der Waals surface area contributed by atoms with E-state index in [0.29, 0.717) is 0 Å². The molecule has 0 spiro atoms. The van der Waals surface area contributed by atoms with Gasteiger partial charge >= 0.3 is 95.6 Å². The molecule has 2 nitrogen and oxygen atoms in total. The summed E-state index contributed by atoms with van der Waals surface area (Å²) in [5.74, 6) is -0.395. The second-order valence-corrected chi connectivity index (χ2v) is 31.3. The van der Waals surface area contributed by atoms with Crippen molar-refractivity contribution < 1.29 is 30.8 Å². The van der Waals surface area contributed by atoms with Crippen LogP contribution >= 0.6 is 0 Å². The first-order valence-corrected chi connectivity index (χ1v) is 18.9. The Balaban J connectivity index is 0.000000659. The third-order valence-corrected chi connectivity index (χ3v) is 30.1. The van der Waals surface area contributed by atoms with Gasteiger partial charge in [-0.15, -0.1) is 0 Å². The van der Waals surface area contributed by atoms with Gasteiger partial charge in [0.15, 0.2) is 0 Å². The summed E-state index contributed by atoms with van der Waals surface area (Å²) in [6, 6.07) is 0. The van der Waals surface area contributed by atoms with E-state index in [1.807, 2.05) is 6.66 Å². The molecule has 2 rings (SSSR count). The van der Waals surface area contributed by atoms with Crippen LogP contribution in [0.25, 0.3) is 0 Å².